The van der Waals surface area contributed by atoms with Gasteiger partial charge in [-0.25, -0.2) is 4.98 Å². The zero-order chi connectivity index (χ0) is 17.6. The van der Waals surface area contributed by atoms with Crippen LogP contribution in [0.15, 0.2) is 70.3 Å². The first kappa shape index (κ1) is 15.8. The molecule has 4 aromatic rings. The molecule has 2 heterocycles. The summed E-state index contributed by atoms with van der Waals surface area (Å²) in [5, 5.41) is 0. The monoisotopic (exact) mass is 393 g/mol. The van der Waals surface area contributed by atoms with Crippen molar-refractivity contribution >= 4 is 21.6 Å². The van der Waals surface area contributed by atoms with E-state index in [-0.39, 0.29) is 5.56 Å². The highest BCUT2D eigenvalue weighted by Gasteiger charge is 2.11. The Labute approximate surface area is 153 Å². The molecule has 0 spiro atoms. The third kappa shape index (κ3) is 2.81. The normalized spacial score (nSPS) is 11.2. The summed E-state index contributed by atoms with van der Waals surface area (Å²) in [5.41, 5.74) is 5.30. The van der Waals surface area contributed by atoms with E-state index in [0.29, 0.717) is 5.65 Å². The Hall–Kier alpha value is -2.66. The van der Waals surface area contributed by atoms with Gasteiger partial charge in [0.05, 0.1) is 5.69 Å². The summed E-state index contributed by atoms with van der Waals surface area (Å²) >= 11 is 3.41. The molecular weight excluding hydrogens is 378 g/mol. The van der Waals surface area contributed by atoms with Gasteiger partial charge in [-0.3, -0.25) is 9.36 Å². The van der Waals surface area contributed by atoms with Crippen molar-refractivity contribution in [2.75, 3.05) is 0 Å². The molecule has 0 aliphatic rings. The van der Waals surface area contributed by atoms with E-state index < -0.39 is 0 Å². The van der Waals surface area contributed by atoms with Gasteiger partial charge < -0.3 is 4.40 Å². The molecule has 0 bridgehead atoms. The van der Waals surface area contributed by atoms with Gasteiger partial charge in [0.1, 0.15) is 0 Å². The van der Waals surface area contributed by atoms with Crippen molar-refractivity contribution < 1.29 is 0 Å². The SMILES string of the molecule is Cc1ccc(-c2cn3ccn(-c4ccc(Br)cc4)c(=O)c3n2)c(C)c1. The predicted octanol–water partition coefficient (Wildman–Crippen LogP) is 4.53. The van der Waals surface area contributed by atoms with Crippen LogP contribution < -0.4 is 5.56 Å². The standard InChI is InChI=1S/C20H16BrN3O/c1-13-3-8-17(14(2)11-13)18-12-23-9-10-24(20(25)19(23)22-18)16-6-4-15(21)5-7-16/h3-12H,1-2H3. The van der Waals surface area contributed by atoms with Crippen LogP contribution in [0.1, 0.15) is 11.1 Å². The Bertz CT molecular complexity index is 1140. The van der Waals surface area contributed by atoms with Gasteiger partial charge in [-0.1, -0.05) is 39.7 Å². The summed E-state index contributed by atoms with van der Waals surface area (Å²) in [7, 11) is 0. The molecule has 0 amide bonds. The Morgan fingerprint density at radius 1 is 1.00 bits per heavy atom. The van der Waals surface area contributed by atoms with Crippen LogP contribution in [0.25, 0.3) is 22.6 Å². The van der Waals surface area contributed by atoms with Crippen molar-refractivity contribution in [3.05, 3.63) is 87.0 Å². The van der Waals surface area contributed by atoms with E-state index in [1.54, 1.807) is 15.2 Å². The molecular formula is C20H16BrN3O. The van der Waals surface area contributed by atoms with Gasteiger partial charge in [-0.2, -0.15) is 0 Å². The highest BCUT2D eigenvalue weighted by molar-refractivity contribution is 9.10. The van der Waals surface area contributed by atoms with Crippen LogP contribution in [0, 0.1) is 13.8 Å². The van der Waals surface area contributed by atoms with E-state index in [9.17, 15) is 4.79 Å². The van der Waals surface area contributed by atoms with E-state index in [0.717, 1.165) is 27.0 Å². The smallest absolute Gasteiger partial charge is 0.298 e. The van der Waals surface area contributed by atoms with Crippen LogP contribution in [-0.2, 0) is 0 Å². The van der Waals surface area contributed by atoms with E-state index in [1.165, 1.54) is 5.56 Å². The molecule has 0 saturated heterocycles. The fourth-order valence-electron chi connectivity index (χ4n) is 3.02. The van der Waals surface area contributed by atoms with Crippen LogP contribution in [0.2, 0.25) is 0 Å². The van der Waals surface area contributed by atoms with Crippen molar-refractivity contribution in [2.24, 2.45) is 0 Å². The number of rotatable bonds is 2. The Morgan fingerprint density at radius 2 is 1.76 bits per heavy atom. The molecule has 0 aliphatic heterocycles. The fourth-order valence-corrected chi connectivity index (χ4v) is 3.28. The molecule has 0 fully saturated rings. The number of hydrogen-bond donors (Lipinski definition) is 0. The maximum atomic E-state index is 12.9. The second-order valence-electron chi connectivity index (χ2n) is 6.13. The number of nitrogens with zero attached hydrogens (tertiary/aromatic N) is 3. The van der Waals surface area contributed by atoms with Crippen molar-refractivity contribution in [3.63, 3.8) is 0 Å². The average Bonchev–Trinajstić information content (AvgIpc) is 3.01. The van der Waals surface area contributed by atoms with Crippen LogP contribution in [0.3, 0.4) is 0 Å². The molecule has 4 rings (SSSR count). The van der Waals surface area contributed by atoms with Crippen molar-refractivity contribution in [1.29, 1.82) is 0 Å². The molecule has 4 nitrogen and oxygen atoms in total. The van der Waals surface area contributed by atoms with Gasteiger partial charge in [0, 0.05) is 34.3 Å². The van der Waals surface area contributed by atoms with Crippen LogP contribution in [0.4, 0.5) is 0 Å². The number of aryl methyl sites for hydroxylation is 2. The molecule has 124 valence electrons. The molecule has 0 radical (unpaired) electrons. The zero-order valence-corrected chi connectivity index (χ0v) is 15.5. The molecule has 5 heteroatoms. The van der Waals surface area contributed by atoms with E-state index in [2.05, 4.69) is 53.0 Å². The minimum Gasteiger partial charge on any atom is -0.300 e. The lowest BCUT2D eigenvalue weighted by atomic mass is 10.0. The van der Waals surface area contributed by atoms with Crippen molar-refractivity contribution in [2.45, 2.75) is 13.8 Å². The van der Waals surface area contributed by atoms with Gasteiger partial charge >= 0.3 is 0 Å². The number of benzene rings is 2. The minimum atomic E-state index is -0.138. The molecule has 2 aromatic heterocycles. The summed E-state index contributed by atoms with van der Waals surface area (Å²) in [6.07, 6.45) is 5.53. The van der Waals surface area contributed by atoms with E-state index in [4.69, 9.17) is 0 Å². The topological polar surface area (TPSA) is 39.3 Å². The van der Waals surface area contributed by atoms with Gasteiger partial charge in [0.2, 0.25) is 5.65 Å². The summed E-state index contributed by atoms with van der Waals surface area (Å²) in [6.45, 7) is 4.13. The Balaban J connectivity index is 1.88. The summed E-state index contributed by atoms with van der Waals surface area (Å²) < 4.78 is 4.37. The van der Waals surface area contributed by atoms with Crippen molar-refractivity contribution in [1.82, 2.24) is 14.0 Å². The number of hydrogen-bond acceptors (Lipinski definition) is 2. The summed E-state index contributed by atoms with van der Waals surface area (Å²) in [4.78, 5) is 17.5. The number of imidazole rings is 1. The molecule has 25 heavy (non-hydrogen) atoms. The predicted molar refractivity (Wildman–Crippen MR) is 103 cm³/mol. The lowest BCUT2D eigenvalue weighted by Gasteiger charge is -2.05. The quantitative estimate of drug-likeness (QED) is 0.501. The van der Waals surface area contributed by atoms with Crippen molar-refractivity contribution in [3.8, 4) is 16.9 Å². The lowest BCUT2D eigenvalue weighted by molar-refractivity contribution is 0.949. The first-order chi connectivity index (χ1) is 12.0. The highest BCUT2D eigenvalue weighted by atomic mass is 79.9. The van der Waals surface area contributed by atoms with Crippen LogP contribution >= 0.6 is 15.9 Å². The van der Waals surface area contributed by atoms with Crippen LogP contribution in [-0.4, -0.2) is 14.0 Å². The maximum Gasteiger partial charge on any atom is 0.298 e. The molecule has 0 unspecified atom stereocenters. The lowest BCUT2D eigenvalue weighted by Crippen LogP contribution is -2.19. The van der Waals surface area contributed by atoms with Gasteiger partial charge in [0.25, 0.3) is 5.56 Å². The summed E-state index contributed by atoms with van der Waals surface area (Å²) in [5.74, 6) is 0. The maximum absolute atomic E-state index is 12.9. The second-order valence-corrected chi connectivity index (χ2v) is 7.04. The van der Waals surface area contributed by atoms with Gasteiger partial charge in [-0.05, 0) is 43.7 Å². The minimum absolute atomic E-state index is 0.138. The Kier molecular flexibility index (Phi) is 3.81. The molecule has 0 N–H and O–H groups in total. The highest BCUT2D eigenvalue weighted by Crippen LogP contribution is 2.23. The first-order valence-electron chi connectivity index (χ1n) is 7.97. The third-order valence-electron chi connectivity index (χ3n) is 4.28. The average molecular weight is 394 g/mol. The third-order valence-corrected chi connectivity index (χ3v) is 4.81. The number of aromatic nitrogens is 3. The molecule has 0 saturated carbocycles. The zero-order valence-electron chi connectivity index (χ0n) is 13.9. The van der Waals surface area contributed by atoms with E-state index in [1.807, 2.05) is 36.7 Å². The first-order valence-corrected chi connectivity index (χ1v) is 8.76. The van der Waals surface area contributed by atoms with Crippen LogP contribution in [0.5, 0.6) is 0 Å². The molecule has 0 atom stereocenters. The van der Waals surface area contributed by atoms with E-state index >= 15 is 0 Å². The second kappa shape index (κ2) is 6.01. The summed E-state index contributed by atoms with van der Waals surface area (Å²) in [6, 6.07) is 13.9. The number of halogens is 1. The Morgan fingerprint density at radius 3 is 2.48 bits per heavy atom. The molecule has 2 aromatic carbocycles. The number of fused-ring (bicyclic) bond motifs is 1. The van der Waals surface area contributed by atoms with Gasteiger partial charge in [0.15, 0.2) is 0 Å². The largest absolute Gasteiger partial charge is 0.300 e. The fraction of sp³-hybridized carbons (Fsp3) is 0.100. The van der Waals surface area contributed by atoms with Gasteiger partial charge in [-0.15, -0.1) is 0 Å². The molecule has 0 aliphatic carbocycles.